The van der Waals surface area contributed by atoms with Crippen LogP contribution in [0.15, 0.2) is 24.3 Å². The molecule has 3 rings (SSSR count). The molecule has 1 aromatic rings. The van der Waals surface area contributed by atoms with Crippen LogP contribution in [0.4, 0.5) is 5.69 Å². The topological polar surface area (TPSA) is 20.3 Å². The molecule has 3 heteroatoms. The van der Waals surface area contributed by atoms with Crippen molar-refractivity contribution in [2.45, 2.75) is 24.6 Å². The van der Waals surface area contributed by atoms with E-state index in [2.05, 4.69) is 19.1 Å². The highest BCUT2D eigenvalue weighted by atomic mass is 32.2. The number of amides is 1. The molecular weight excluding hydrogens is 206 g/mol. The van der Waals surface area contributed by atoms with Crippen LogP contribution in [0.3, 0.4) is 0 Å². The largest absolute Gasteiger partial charge is 0.307 e. The SMILES string of the molecule is Cc1ccccc1N1C(=O)C2CC1CS2. The lowest BCUT2D eigenvalue weighted by Crippen LogP contribution is -2.39. The predicted molar refractivity (Wildman–Crippen MR) is 63.3 cm³/mol. The van der Waals surface area contributed by atoms with E-state index in [0.29, 0.717) is 11.9 Å². The maximum atomic E-state index is 12.0. The van der Waals surface area contributed by atoms with Gasteiger partial charge in [-0.3, -0.25) is 4.79 Å². The molecule has 2 aliphatic rings. The van der Waals surface area contributed by atoms with Crippen LogP contribution in [0, 0.1) is 6.92 Å². The van der Waals surface area contributed by atoms with Crippen LogP contribution in [0.5, 0.6) is 0 Å². The molecule has 2 unspecified atom stereocenters. The molecule has 1 amide bonds. The second-order valence-corrected chi connectivity index (χ2v) is 5.44. The number of anilines is 1. The van der Waals surface area contributed by atoms with Crippen molar-refractivity contribution in [2.75, 3.05) is 10.7 Å². The fourth-order valence-electron chi connectivity index (χ4n) is 2.45. The van der Waals surface area contributed by atoms with Gasteiger partial charge in [0, 0.05) is 17.5 Å². The maximum Gasteiger partial charge on any atom is 0.240 e. The lowest BCUT2D eigenvalue weighted by atomic mass is 10.1. The van der Waals surface area contributed by atoms with E-state index in [1.54, 1.807) is 0 Å². The van der Waals surface area contributed by atoms with Gasteiger partial charge in [0.1, 0.15) is 0 Å². The van der Waals surface area contributed by atoms with Gasteiger partial charge in [-0.2, -0.15) is 0 Å². The number of nitrogens with zero attached hydrogens (tertiary/aromatic N) is 1. The van der Waals surface area contributed by atoms with Crippen LogP contribution in [0.2, 0.25) is 0 Å². The van der Waals surface area contributed by atoms with E-state index in [-0.39, 0.29) is 5.25 Å². The minimum absolute atomic E-state index is 0.231. The molecule has 2 nitrogen and oxygen atoms in total. The number of aryl methyl sites for hydroxylation is 1. The molecule has 2 atom stereocenters. The Hall–Kier alpha value is -0.960. The average Bonchev–Trinajstić information content (AvgIpc) is 2.80. The van der Waals surface area contributed by atoms with E-state index < -0.39 is 0 Å². The fraction of sp³-hybridized carbons (Fsp3) is 0.417. The molecule has 0 N–H and O–H groups in total. The maximum absolute atomic E-state index is 12.0. The molecule has 2 heterocycles. The van der Waals surface area contributed by atoms with Crippen molar-refractivity contribution in [3.05, 3.63) is 29.8 Å². The summed E-state index contributed by atoms with van der Waals surface area (Å²) in [5.74, 6) is 1.41. The van der Waals surface area contributed by atoms with Gasteiger partial charge in [0.15, 0.2) is 0 Å². The highest BCUT2D eigenvalue weighted by Crippen LogP contribution is 2.41. The smallest absolute Gasteiger partial charge is 0.240 e. The van der Waals surface area contributed by atoms with Gasteiger partial charge < -0.3 is 4.90 Å². The van der Waals surface area contributed by atoms with Crippen LogP contribution in [-0.2, 0) is 4.79 Å². The molecule has 0 spiro atoms. The zero-order chi connectivity index (χ0) is 10.4. The van der Waals surface area contributed by atoms with E-state index in [1.807, 2.05) is 28.8 Å². The highest BCUT2D eigenvalue weighted by molar-refractivity contribution is 8.01. The number of carbonyl (C=O) groups is 1. The van der Waals surface area contributed by atoms with E-state index in [1.165, 1.54) is 5.56 Å². The fourth-order valence-corrected chi connectivity index (χ4v) is 3.80. The van der Waals surface area contributed by atoms with Crippen molar-refractivity contribution in [3.8, 4) is 0 Å². The summed E-state index contributed by atoms with van der Waals surface area (Å²) in [4.78, 5) is 14.0. The number of thioether (sulfide) groups is 1. The number of rotatable bonds is 1. The van der Waals surface area contributed by atoms with Crippen molar-refractivity contribution in [2.24, 2.45) is 0 Å². The first-order chi connectivity index (χ1) is 7.27. The molecule has 2 fully saturated rings. The van der Waals surface area contributed by atoms with Crippen LogP contribution < -0.4 is 4.90 Å². The van der Waals surface area contributed by atoms with Crippen LogP contribution >= 0.6 is 11.8 Å². The Morgan fingerprint density at radius 1 is 1.40 bits per heavy atom. The number of benzene rings is 1. The molecular formula is C12H13NOS. The Kier molecular flexibility index (Phi) is 2.02. The highest BCUT2D eigenvalue weighted by Gasteiger charge is 2.46. The number of hydrogen-bond donors (Lipinski definition) is 0. The first kappa shape index (κ1) is 9.28. The first-order valence-corrected chi connectivity index (χ1v) is 6.32. The number of fused-ring (bicyclic) bond motifs is 2. The molecule has 0 aliphatic carbocycles. The lowest BCUT2D eigenvalue weighted by molar-refractivity contribution is -0.116. The third-order valence-corrected chi connectivity index (χ3v) is 4.60. The molecule has 15 heavy (non-hydrogen) atoms. The second kappa shape index (κ2) is 3.27. The summed E-state index contributed by atoms with van der Waals surface area (Å²) in [5.41, 5.74) is 2.30. The van der Waals surface area contributed by atoms with Crippen LogP contribution in [0.25, 0.3) is 0 Å². The summed E-state index contributed by atoms with van der Waals surface area (Å²) in [6.07, 6.45) is 1.04. The Bertz CT molecular complexity index is 418. The van der Waals surface area contributed by atoms with Crippen molar-refractivity contribution in [1.82, 2.24) is 0 Å². The Balaban J connectivity index is 2.02. The minimum atomic E-state index is 0.231. The number of hydrogen-bond acceptors (Lipinski definition) is 2. The van der Waals surface area contributed by atoms with Crippen LogP contribution in [-0.4, -0.2) is 23.0 Å². The van der Waals surface area contributed by atoms with Gasteiger partial charge in [0.25, 0.3) is 0 Å². The molecule has 2 saturated heterocycles. The zero-order valence-electron chi connectivity index (χ0n) is 8.64. The summed E-state index contributed by atoms with van der Waals surface area (Å²) < 4.78 is 0. The Morgan fingerprint density at radius 2 is 2.20 bits per heavy atom. The molecule has 78 valence electrons. The summed E-state index contributed by atoms with van der Waals surface area (Å²) in [6, 6.07) is 8.59. The first-order valence-electron chi connectivity index (χ1n) is 5.27. The van der Waals surface area contributed by atoms with Gasteiger partial charge in [0.05, 0.1) is 5.25 Å². The van der Waals surface area contributed by atoms with Gasteiger partial charge >= 0.3 is 0 Å². The standard InChI is InChI=1S/C12H13NOS/c1-8-4-2-3-5-10(8)13-9-6-11(12(13)14)15-7-9/h2-5,9,11H,6-7H2,1H3. The Morgan fingerprint density at radius 3 is 2.87 bits per heavy atom. The quantitative estimate of drug-likeness (QED) is 0.722. The third kappa shape index (κ3) is 1.29. The predicted octanol–water partition coefficient (Wildman–Crippen LogP) is 2.22. The lowest BCUT2D eigenvalue weighted by Gasteiger charge is -2.28. The third-order valence-electron chi connectivity index (χ3n) is 3.23. The molecule has 0 saturated carbocycles. The van der Waals surface area contributed by atoms with Crippen molar-refractivity contribution in [3.63, 3.8) is 0 Å². The van der Waals surface area contributed by atoms with E-state index in [0.717, 1.165) is 17.9 Å². The van der Waals surface area contributed by atoms with Crippen molar-refractivity contribution < 1.29 is 4.79 Å². The van der Waals surface area contributed by atoms with Crippen LogP contribution in [0.1, 0.15) is 12.0 Å². The van der Waals surface area contributed by atoms with E-state index >= 15 is 0 Å². The summed E-state index contributed by atoms with van der Waals surface area (Å²) in [7, 11) is 0. The summed E-state index contributed by atoms with van der Waals surface area (Å²) in [6.45, 7) is 2.07. The number of para-hydroxylation sites is 1. The average molecular weight is 219 g/mol. The molecule has 0 aromatic heterocycles. The van der Waals surface area contributed by atoms with Gasteiger partial charge in [-0.25, -0.2) is 0 Å². The van der Waals surface area contributed by atoms with E-state index in [4.69, 9.17) is 0 Å². The molecule has 2 aliphatic heterocycles. The van der Waals surface area contributed by atoms with E-state index in [9.17, 15) is 4.79 Å². The van der Waals surface area contributed by atoms with Gasteiger partial charge in [0.2, 0.25) is 5.91 Å². The van der Waals surface area contributed by atoms with Gasteiger partial charge in [-0.15, -0.1) is 11.8 Å². The monoisotopic (exact) mass is 219 g/mol. The zero-order valence-corrected chi connectivity index (χ0v) is 9.46. The number of carbonyl (C=O) groups excluding carboxylic acids is 1. The van der Waals surface area contributed by atoms with Gasteiger partial charge in [-0.05, 0) is 25.0 Å². The minimum Gasteiger partial charge on any atom is -0.307 e. The van der Waals surface area contributed by atoms with Crippen molar-refractivity contribution >= 4 is 23.4 Å². The van der Waals surface area contributed by atoms with Gasteiger partial charge in [-0.1, -0.05) is 18.2 Å². The van der Waals surface area contributed by atoms with Crippen molar-refractivity contribution in [1.29, 1.82) is 0 Å². The summed E-state index contributed by atoms with van der Waals surface area (Å²) >= 11 is 1.81. The second-order valence-electron chi connectivity index (χ2n) is 4.21. The molecule has 0 radical (unpaired) electrons. The molecule has 1 aromatic carbocycles. The Labute approximate surface area is 93.7 Å². The summed E-state index contributed by atoms with van der Waals surface area (Å²) in [5, 5.41) is 0.231. The molecule has 2 bridgehead atoms. The normalized spacial score (nSPS) is 28.9.